The Labute approximate surface area is 163 Å². The monoisotopic (exact) mass is 368 g/mol. The van der Waals surface area contributed by atoms with Gasteiger partial charge in [-0.25, -0.2) is 9.97 Å². The van der Waals surface area contributed by atoms with E-state index in [1.165, 1.54) is 0 Å². The van der Waals surface area contributed by atoms with E-state index in [-0.39, 0.29) is 5.91 Å². The number of para-hydroxylation sites is 1. The summed E-state index contributed by atoms with van der Waals surface area (Å²) in [5.74, 6) is 0.530. The van der Waals surface area contributed by atoms with Crippen LogP contribution >= 0.6 is 0 Å². The maximum absolute atomic E-state index is 12.7. The highest BCUT2D eigenvalue weighted by Gasteiger charge is 2.14. The second-order valence-electron chi connectivity index (χ2n) is 6.66. The third kappa shape index (κ3) is 3.55. The van der Waals surface area contributed by atoms with E-state index >= 15 is 0 Å². The number of nitrogens with one attached hydrogen (secondary N) is 1. The Bertz CT molecular complexity index is 1120. The molecule has 0 aliphatic heterocycles. The molecule has 0 saturated carbocycles. The standard InChI is InChI=1S/C23H20N4O/c1-16-8-6-7-11-20(16)26-23(28)21-12-18(15-27(21)2)19-13-24-22(25-14-19)17-9-4-3-5-10-17/h3-15H,1-2H3,(H,26,28). The normalized spacial score (nSPS) is 10.6. The predicted octanol–water partition coefficient (Wildman–Crippen LogP) is 4.71. The molecule has 2 heterocycles. The summed E-state index contributed by atoms with van der Waals surface area (Å²) in [6, 6.07) is 19.4. The van der Waals surface area contributed by atoms with Gasteiger partial charge in [0, 0.05) is 48.0 Å². The lowest BCUT2D eigenvalue weighted by Gasteiger charge is -2.08. The molecule has 0 unspecified atom stereocenters. The van der Waals surface area contributed by atoms with Crippen LogP contribution in [0.4, 0.5) is 5.69 Å². The van der Waals surface area contributed by atoms with E-state index in [4.69, 9.17) is 0 Å². The molecule has 0 saturated heterocycles. The van der Waals surface area contributed by atoms with Crippen LogP contribution in [0.2, 0.25) is 0 Å². The molecule has 5 heteroatoms. The lowest BCUT2D eigenvalue weighted by Crippen LogP contribution is -2.15. The number of hydrogen-bond acceptors (Lipinski definition) is 3. The van der Waals surface area contributed by atoms with Crippen LogP contribution in [0.15, 0.2) is 79.3 Å². The zero-order chi connectivity index (χ0) is 19.5. The molecule has 0 aliphatic rings. The largest absolute Gasteiger partial charge is 0.346 e. The first-order chi connectivity index (χ1) is 13.6. The Morgan fingerprint density at radius 3 is 2.29 bits per heavy atom. The van der Waals surface area contributed by atoms with Gasteiger partial charge in [0.2, 0.25) is 0 Å². The number of rotatable bonds is 4. The Morgan fingerprint density at radius 1 is 0.893 bits per heavy atom. The summed E-state index contributed by atoms with van der Waals surface area (Å²) in [4.78, 5) is 21.6. The van der Waals surface area contributed by atoms with Crippen molar-refractivity contribution in [2.24, 2.45) is 7.05 Å². The van der Waals surface area contributed by atoms with Crippen molar-refractivity contribution in [3.8, 4) is 22.5 Å². The second kappa shape index (κ2) is 7.48. The minimum atomic E-state index is -0.148. The molecule has 0 atom stereocenters. The highest BCUT2D eigenvalue weighted by molar-refractivity contribution is 6.04. The van der Waals surface area contributed by atoms with Gasteiger partial charge in [0.05, 0.1) is 0 Å². The number of hydrogen-bond donors (Lipinski definition) is 1. The van der Waals surface area contributed by atoms with Gasteiger partial charge in [-0.2, -0.15) is 0 Å². The van der Waals surface area contributed by atoms with Crippen LogP contribution in [0.3, 0.4) is 0 Å². The molecular weight excluding hydrogens is 348 g/mol. The third-order valence-electron chi connectivity index (χ3n) is 4.65. The number of aromatic nitrogens is 3. The quantitative estimate of drug-likeness (QED) is 0.567. The molecule has 5 nitrogen and oxygen atoms in total. The highest BCUT2D eigenvalue weighted by Crippen LogP contribution is 2.23. The summed E-state index contributed by atoms with van der Waals surface area (Å²) < 4.78 is 1.81. The van der Waals surface area contributed by atoms with Crippen LogP contribution in [0.25, 0.3) is 22.5 Å². The fourth-order valence-corrected chi connectivity index (χ4v) is 3.06. The highest BCUT2D eigenvalue weighted by atomic mass is 16.1. The summed E-state index contributed by atoms with van der Waals surface area (Å²) in [5, 5.41) is 2.97. The third-order valence-corrected chi connectivity index (χ3v) is 4.65. The fourth-order valence-electron chi connectivity index (χ4n) is 3.06. The van der Waals surface area contributed by atoms with Gasteiger partial charge in [0.25, 0.3) is 5.91 Å². The van der Waals surface area contributed by atoms with Crippen molar-refractivity contribution in [3.05, 3.63) is 90.5 Å². The first-order valence-corrected chi connectivity index (χ1v) is 9.03. The van der Waals surface area contributed by atoms with Gasteiger partial charge in [0.15, 0.2) is 5.82 Å². The van der Waals surface area contributed by atoms with Crippen LogP contribution in [-0.2, 0) is 7.05 Å². The average Bonchev–Trinajstić information content (AvgIpc) is 3.12. The fraction of sp³-hybridized carbons (Fsp3) is 0.0870. The van der Waals surface area contributed by atoms with Gasteiger partial charge in [-0.1, -0.05) is 48.5 Å². The van der Waals surface area contributed by atoms with Crippen LogP contribution in [-0.4, -0.2) is 20.4 Å². The maximum atomic E-state index is 12.7. The van der Waals surface area contributed by atoms with Crippen LogP contribution in [0.5, 0.6) is 0 Å². The van der Waals surface area contributed by atoms with Crippen LogP contribution < -0.4 is 5.32 Å². The summed E-state index contributed by atoms with van der Waals surface area (Å²) in [7, 11) is 1.86. The summed E-state index contributed by atoms with van der Waals surface area (Å²) in [6.45, 7) is 1.97. The molecule has 0 radical (unpaired) electrons. The molecule has 28 heavy (non-hydrogen) atoms. The van der Waals surface area contributed by atoms with E-state index in [0.717, 1.165) is 27.9 Å². The molecule has 4 aromatic rings. The molecule has 0 aliphatic carbocycles. The molecule has 2 aromatic heterocycles. The van der Waals surface area contributed by atoms with Crippen molar-refractivity contribution in [1.82, 2.24) is 14.5 Å². The summed E-state index contributed by atoms with van der Waals surface area (Å²) in [6.07, 6.45) is 5.48. The van der Waals surface area contributed by atoms with Crippen molar-refractivity contribution in [2.75, 3.05) is 5.32 Å². The lowest BCUT2D eigenvalue weighted by atomic mass is 10.1. The van der Waals surface area contributed by atoms with E-state index in [1.54, 1.807) is 12.4 Å². The number of aryl methyl sites for hydroxylation is 2. The average molecular weight is 368 g/mol. The van der Waals surface area contributed by atoms with Crippen molar-refractivity contribution in [3.63, 3.8) is 0 Å². The molecule has 4 rings (SSSR count). The van der Waals surface area contributed by atoms with Crippen molar-refractivity contribution < 1.29 is 4.79 Å². The van der Waals surface area contributed by atoms with E-state index < -0.39 is 0 Å². The maximum Gasteiger partial charge on any atom is 0.272 e. The molecule has 0 fully saturated rings. The number of carbonyl (C=O) groups is 1. The molecule has 0 spiro atoms. The van der Waals surface area contributed by atoms with Gasteiger partial charge >= 0.3 is 0 Å². The predicted molar refractivity (Wildman–Crippen MR) is 111 cm³/mol. The Morgan fingerprint density at radius 2 is 1.57 bits per heavy atom. The Hall–Kier alpha value is -3.73. The van der Waals surface area contributed by atoms with Gasteiger partial charge < -0.3 is 9.88 Å². The number of benzene rings is 2. The molecule has 138 valence electrons. The number of nitrogens with zero attached hydrogens (tertiary/aromatic N) is 3. The van der Waals surface area contributed by atoms with Crippen molar-refractivity contribution in [1.29, 1.82) is 0 Å². The van der Waals surface area contributed by atoms with Crippen LogP contribution in [0.1, 0.15) is 16.1 Å². The van der Waals surface area contributed by atoms with Gasteiger partial charge in [-0.05, 0) is 24.6 Å². The number of anilines is 1. The molecular formula is C23H20N4O. The minimum absolute atomic E-state index is 0.148. The van der Waals surface area contributed by atoms with Gasteiger partial charge in [0.1, 0.15) is 5.69 Å². The molecule has 2 aromatic carbocycles. The molecule has 1 N–H and O–H groups in total. The smallest absolute Gasteiger partial charge is 0.272 e. The SMILES string of the molecule is Cc1ccccc1NC(=O)c1cc(-c2cnc(-c3ccccc3)nc2)cn1C. The van der Waals surface area contributed by atoms with E-state index in [1.807, 2.05) is 85.4 Å². The van der Waals surface area contributed by atoms with Gasteiger partial charge in [-0.3, -0.25) is 4.79 Å². The van der Waals surface area contributed by atoms with Crippen LogP contribution in [0, 0.1) is 6.92 Å². The summed E-state index contributed by atoms with van der Waals surface area (Å²) >= 11 is 0. The minimum Gasteiger partial charge on any atom is -0.346 e. The van der Waals surface area contributed by atoms with E-state index in [9.17, 15) is 4.79 Å². The number of carbonyl (C=O) groups excluding carboxylic acids is 1. The van der Waals surface area contributed by atoms with Gasteiger partial charge in [-0.15, -0.1) is 0 Å². The molecule has 1 amide bonds. The molecule has 0 bridgehead atoms. The Balaban J connectivity index is 1.57. The van der Waals surface area contributed by atoms with Crippen molar-refractivity contribution in [2.45, 2.75) is 6.92 Å². The summed E-state index contributed by atoms with van der Waals surface area (Å²) in [5.41, 5.74) is 5.15. The van der Waals surface area contributed by atoms with E-state index in [2.05, 4.69) is 15.3 Å². The first kappa shape index (κ1) is 17.7. The van der Waals surface area contributed by atoms with E-state index in [0.29, 0.717) is 11.5 Å². The first-order valence-electron chi connectivity index (χ1n) is 9.03. The van der Waals surface area contributed by atoms with Crippen molar-refractivity contribution >= 4 is 11.6 Å². The Kier molecular flexibility index (Phi) is 4.72. The number of amides is 1. The zero-order valence-electron chi connectivity index (χ0n) is 15.8. The second-order valence-corrected chi connectivity index (χ2v) is 6.66. The zero-order valence-corrected chi connectivity index (χ0v) is 15.8. The topological polar surface area (TPSA) is 59.8 Å². The lowest BCUT2D eigenvalue weighted by molar-refractivity contribution is 0.101.